The van der Waals surface area contributed by atoms with Gasteiger partial charge in [0.25, 0.3) is 0 Å². The summed E-state index contributed by atoms with van der Waals surface area (Å²) in [6.07, 6.45) is 1.76. The monoisotopic (exact) mass is 221 g/mol. The fraction of sp³-hybridized carbons (Fsp3) is 0.364. The standard InChI is InChI=1S/C11H11NO4/c1-6(13)12-8-5-7-9(14)3-2-4-10(7)16-11(8)15/h5H,2-4H2,1H3,(H,12,13). The van der Waals surface area contributed by atoms with Gasteiger partial charge in [-0.1, -0.05) is 0 Å². The van der Waals surface area contributed by atoms with Gasteiger partial charge >= 0.3 is 5.63 Å². The van der Waals surface area contributed by atoms with Crippen molar-refractivity contribution in [2.75, 3.05) is 5.32 Å². The number of hydrogen-bond acceptors (Lipinski definition) is 4. The molecule has 0 atom stereocenters. The molecule has 1 aliphatic rings. The van der Waals surface area contributed by atoms with Gasteiger partial charge in [-0.25, -0.2) is 4.79 Å². The number of aryl methyl sites for hydroxylation is 1. The van der Waals surface area contributed by atoms with E-state index in [9.17, 15) is 14.4 Å². The number of ketones is 1. The molecule has 1 aromatic heterocycles. The molecular weight excluding hydrogens is 210 g/mol. The van der Waals surface area contributed by atoms with Crippen LogP contribution in [0.2, 0.25) is 0 Å². The van der Waals surface area contributed by atoms with Crippen molar-refractivity contribution in [3.05, 3.63) is 27.8 Å². The number of nitrogens with one attached hydrogen (secondary N) is 1. The molecule has 16 heavy (non-hydrogen) atoms. The predicted octanol–water partition coefficient (Wildman–Crippen LogP) is 1.12. The van der Waals surface area contributed by atoms with Gasteiger partial charge in [-0.3, -0.25) is 9.59 Å². The summed E-state index contributed by atoms with van der Waals surface area (Å²) < 4.78 is 5.01. The summed E-state index contributed by atoms with van der Waals surface area (Å²) in [6, 6.07) is 1.41. The topological polar surface area (TPSA) is 76.4 Å². The fourth-order valence-corrected chi connectivity index (χ4v) is 1.75. The van der Waals surface area contributed by atoms with Crippen LogP contribution in [0.4, 0.5) is 5.69 Å². The number of rotatable bonds is 1. The summed E-state index contributed by atoms with van der Waals surface area (Å²) in [5, 5.41) is 2.35. The number of carbonyl (C=O) groups is 2. The summed E-state index contributed by atoms with van der Waals surface area (Å²) in [4.78, 5) is 33.8. The van der Waals surface area contributed by atoms with Crippen LogP contribution in [0.1, 0.15) is 35.9 Å². The van der Waals surface area contributed by atoms with Crippen LogP contribution in [0.15, 0.2) is 15.3 Å². The Bertz CT molecular complexity index is 515. The molecule has 0 unspecified atom stereocenters. The van der Waals surface area contributed by atoms with Crippen LogP contribution in [0.3, 0.4) is 0 Å². The Morgan fingerprint density at radius 1 is 1.38 bits per heavy atom. The van der Waals surface area contributed by atoms with Crippen LogP contribution in [0.25, 0.3) is 0 Å². The first-order valence-electron chi connectivity index (χ1n) is 5.06. The zero-order chi connectivity index (χ0) is 11.7. The number of hydrogen-bond donors (Lipinski definition) is 1. The number of fused-ring (bicyclic) bond motifs is 1. The van der Waals surface area contributed by atoms with Gasteiger partial charge in [0, 0.05) is 19.8 Å². The van der Waals surface area contributed by atoms with Crippen molar-refractivity contribution in [3.63, 3.8) is 0 Å². The van der Waals surface area contributed by atoms with Crippen molar-refractivity contribution in [1.29, 1.82) is 0 Å². The van der Waals surface area contributed by atoms with Crippen molar-refractivity contribution < 1.29 is 14.0 Å². The zero-order valence-corrected chi connectivity index (χ0v) is 8.83. The van der Waals surface area contributed by atoms with Crippen molar-refractivity contribution >= 4 is 17.4 Å². The first kappa shape index (κ1) is 10.6. The Hall–Kier alpha value is -1.91. The molecule has 0 spiro atoms. The van der Waals surface area contributed by atoms with Crippen molar-refractivity contribution in [3.8, 4) is 0 Å². The average molecular weight is 221 g/mol. The van der Waals surface area contributed by atoms with Gasteiger partial charge in [-0.15, -0.1) is 0 Å². The lowest BCUT2D eigenvalue weighted by molar-refractivity contribution is -0.114. The van der Waals surface area contributed by atoms with Gasteiger partial charge in [0.2, 0.25) is 5.91 Å². The molecule has 0 fully saturated rings. The van der Waals surface area contributed by atoms with Crippen molar-refractivity contribution in [1.82, 2.24) is 0 Å². The van der Waals surface area contributed by atoms with Crippen LogP contribution in [0, 0.1) is 0 Å². The van der Waals surface area contributed by atoms with E-state index in [4.69, 9.17) is 4.42 Å². The van der Waals surface area contributed by atoms with E-state index in [1.807, 2.05) is 0 Å². The molecular formula is C11H11NO4. The van der Waals surface area contributed by atoms with E-state index in [-0.39, 0.29) is 17.4 Å². The molecule has 1 aromatic rings. The minimum absolute atomic E-state index is 0.0292. The lowest BCUT2D eigenvalue weighted by Crippen LogP contribution is -2.19. The summed E-state index contributed by atoms with van der Waals surface area (Å²) in [7, 11) is 0. The highest BCUT2D eigenvalue weighted by molar-refractivity contribution is 5.99. The predicted molar refractivity (Wildman–Crippen MR) is 56.6 cm³/mol. The largest absolute Gasteiger partial charge is 0.426 e. The lowest BCUT2D eigenvalue weighted by atomic mass is 9.96. The van der Waals surface area contributed by atoms with Crippen LogP contribution in [-0.4, -0.2) is 11.7 Å². The minimum atomic E-state index is -0.608. The van der Waals surface area contributed by atoms with E-state index in [1.165, 1.54) is 13.0 Å². The molecule has 1 aliphatic carbocycles. The Morgan fingerprint density at radius 3 is 2.81 bits per heavy atom. The number of anilines is 1. The first-order chi connectivity index (χ1) is 7.58. The molecule has 0 saturated carbocycles. The van der Waals surface area contributed by atoms with Crippen LogP contribution < -0.4 is 10.9 Å². The molecule has 0 saturated heterocycles. The third-order valence-electron chi connectivity index (χ3n) is 2.44. The van der Waals surface area contributed by atoms with E-state index < -0.39 is 5.63 Å². The second-order valence-electron chi connectivity index (χ2n) is 3.74. The Morgan fingerprint density at radius 2 is 2.12 bits per heavy atom. The summed E-state index contributed by atoms with van der Waals surface area (Å²) in [5.41, 5.74) is -0.167. The Kier molecular flexibility index (Phi) is 2.60. The maximum atomic E-state index is 11.6. The average Bonchev–Trinajstić information content (AvgIpc) is 2.20. The molecule has 1 heterocycles. The second kappa shape index (κ2) is 3.92. The highest BCUT2D eigenvalue weighted by atomic mass is 16.4. The minimum Gasteiger partial charge on any atom is -0.426 e. The molecule has 5 nitrogen and oxygen atoms in total. The van der Waals surface area contributed by atoms with Crippen molar-refractivity contribution in [2.24, 2.45) is 0 Å². The third-order valence-corrected chi connectivity index (χ3v) is 2.44. The first-order valence-corrected chi connectivity index (χ1v) is 5.06. The van der Waals surface area contributed by atoms with E-state index in [1.54, 1.807) is 0 Å². The van der Waals surface area contributed by atoms with Gasteiger partial charge in [-0.2, -0.15) is 0 Å². The highest BCUT2D eigenvalue weighted by Crippen LogP contribution is 2.21. The molecule has 0 radical (unpaired) electrons. The summed E-state index contributed by atoms with van der Waals surface area (Å²) in [5.74, 6) is 0.0162. The van der Waals surface area contributed by atoms with Gasteiger partial charge in [0.1, 0.15) is 11.4 Å². The molecule has 2 rings (SSSR count). The van der Waals surface area contributed by atoms with E-state index >= 15 is 0 Å². The van der Waals surface area contributed by atoms with E-state index in [2.05, 4.69) is 5.32 Å². The van der Waals surface area contributed by atoms with E-state index in [0.717, 1.165) is 0 Å². The second-order valence-corrected chi connectivity index (χ2v) is 3.74. The quantitative estimate of drug-likeness (QED) is 0.770. The zero-order valence-electron chi connectivity index (χ0n) is 8.83. The Balaban J connectivity index is 2.50. The summed E-state index contributed by atoms with van der Waals surface area (Å²) in [6.45, 7) is 1.29. The van der Waals surface area contributed by atoms with Crippen LogP contribution in [-0.2, 0) is 11.2 Å². The molecule has 0 aliphatic heterocycles. The summed E-state index contributed by atoms with van der Waals surface area (Å²) >= 11 is 0. The lowest BCUT2D eigenvalue weighted by Gasteiger charge is -2.13. The van der Waals surface area contributed by atoms with E-state index in [0.29, 0.717) is 30.6 Å². The van der Waals surface area contributed by atoms with Gasteiger partial charge in [0.05, 0.1) is 5.56 Å². The van der Waals surface area contributed by atoms with Gasteiger partial charge in [-0.05, 0) is 12.5 Å². The molecule has 1 amide bonds. The molecule has 5 heteroatoms. The smallest absolute Gasteiger partial charge is 0.359 e. The van der Waals surface area contributed by atoms with Gasteiger partial charge < -0.3 is 9.73 Å². The molecule has 0 aromatic carbocycles. The molecule has 0 bridgehead atoms. The van der Waals surface area contributed by atoms with Crippen LogP contribution >= 0.6 is 0 Å². The number of amides is 1. The Labute approximate surface area is 91.5 Å². The highest BCUT2D eigenvalue weighted by Gasteiger charge is 2.21. The van der Waals surface area contributed by atoms with Gasteiger partial charge in [0.15, 0.2) is 5.78 Å². The maximum absolute atomic E-state index is 11.6. The number of Topliss-reactive ketones (excluding diaryl/α,β-unsaturated/α-hetero) is 1. The maximum Gasteiger partial charge on any atom is 0.359 e. The normalized spacial score (nSPS) is 14.4. The fourth-order valence-electron chi connectivity index (χ4n) is 1.75. The van der Waals surface area contributed by atoms with Crippen molar-refractivity contribution in [2.45, 2.75) is 26.2 Å². The van der Waals surface area contributed by atoms with Crippen LogP contribution in [0.5, 0.6) is 0 Å². The third kappa shape index (κ3) is 1.88. The number of carbonyl (C=O) groups excluding carboxylic acids is 2. The SMILES string of the molecule is CC(=O)Nc1cc2c(oc1=O)CCCC2=O. The molecule has 1 N–H and O–H groups in total. The molecule has 84 valence electrons.